The van der Waals surface area contributed by atoms with E-state index in [-0.39, 0.29) is 10.6 Å². The Bertz CT molecular complexity index is 1240. The molecule has 164 valence electrons. The molecule has 0 fully saturated rings. The van der Waals surface area contributed by atoms with Crippen molar-refractivity contribution in [3.8, 4) is 5.69 Å². The molecule has 0 bridgehead atoms. The highest BCUT2D eigenvalue weighted by atomic mass is 32.2. The SMILES string of the molecule is O=C(O)c1[nH]n(-c2ccc(SOOO)cc2)c(=O)c1NNc1ccc(S(=O)(=O)O)cc1. The lowest BCUT2D eigenvalue weighted by atomic mass is 10.3. The highest BCUT2D eigenvalue weighted by molar-refractivity contribution is 7.94. The van der Waals surface area contributed by atoms with Crippen LogP contribution in [0.2, 0.25) is 0 Å². The first kappa shape index (κ1) is 22.3. The van der Waals surface area contributed by atoms with Crippen molar-refractivity contribution in [2.24, 2.45) is 0 Å². The third-order valence-corrected chi connectivity index (χ3v) is 5.31. The molecule has 1 heterocycles. The molecular weight excluding hydrogens is 456 g/mol. The van der Waals surface area contributed by atoms with Crippen LogP contribution in [-0.4, -0.2) is 39.1 Å². The van der Waals surface area contributed by atoms with Gasteiger partial charge in [0.1, 0.15) is 0 Å². The largest absolute Gasteiger partial charge is 0.476 e. The number of benzene rings is 2. The summed E-state index contributed by atoms with van der Waals surface area (Å²) in [6.07, 6.45) is 0. The van der Waals surface area contributed by atoms with E-state index >= 15 is 0 Å². The van der Waals surface area contributed by atoms with Crippen LogP contribution in [0.3, 0.4) is 0 Å². The number of hydrogen-bond acceptors (Lipinski definition) is 10. The molecule has 31 heavy (non-hydrogen) atoms. The number of aromatic amines is 1. The maximum Gasteiger partial charge on any atom is 0.356 e. The van der Waals surface area contributed by atoms with Gasteiger partial charge in [0.05, 0.1) is 28.3 Å². The Morgan fingerprint density at radius 1 is 1.06 bits per heavy atom. The summed E-state index contributed by atoms with van der Waals surface area (Å²) in [6.45, 7) is 0. The second kappa shape index (κ2) is 9.21. The minimum absolute atomic E-state index is 0.295. The minimum Gasteiger partial charge on any atom is -0.476 e. The quantitative estimate of drug-likeness (QED) is 0.115. The van der Waals surface area contributed by atoms with E-state index in [2.05, 4.69) is 25.3 Å². The predicted octanol–water partition coefficient (Wildman–Crippen LogP) is 1.98. The molecule has 0 saturated heterocycles. The number of rotatable bonds is 9. The summed E-state index contributed by atoms with van der Waals surface area (Å²) in [7, 11) is -4.36. The van der Waals surface area contributed by atoms with Crippen molar-refractivity contribution < 1.29 is 37.5 Å². The van der Waals surface area contributed by atoms with Gasteiger partial charge in [0.15, 0.2) is 11.4 Å². The molecule has 13 nitrogen and oxygen atoms in total. The first-order chi connectivity index (χ1) is 14.7. The van der Waals surface area contributed by atoms with Crippen molar-refractivity contribution >= 4 is 39.5 Å². The smallest absolute Gasteiger partial charge is 0.356 e. The molecule has 3 rings (SSSR count). The number of aromatic carboxylic acids is 1. The van der Waals surface area contributed by atoms with Crippen molar-refractivity contribution in [2.75, 3.05) is 10.9 Å². The summed E-state index contributed by atoms with van der Waals surface area (Å²) in [5, 5.41) is 23.5. The van der Waals surface area contributed by atoms with E-state index in [1.807, 2.05) is 0 Å². The van der Waals surface area contributed by atoms with Gasteiger partial charge < -0.3 is 10.5 Å². The van der Waals surface area contributed by atoms with Crippen LogP contribution in [0.4, 0.5) is 11.4 Å². The third kappa shape index (κ3) is 5.23. The highest BCUT2D eigenvalue weighted by Crippen LogP contribution is 2.21. The topological polar surface area (TPSA) is 192 Å². The van der Waals surface area contributed by atoms with Crippen LogP contribution >= 0.6 is 12.0 Å². The van der Waals surface area contributed by atoms with E-state index in [0.717, 1.165) is 16.8 Å². The van der Waals surface area contributed by atoms with Gasteiger partial charge in [0.2, 0.25) is 0 Å². The third-order valence-electron chi connectivity index (χ3n) is 3.84. The molecule has 1 aromatic heterocycles. The molecule has 0 radical (unpaired) electrons. The Balaban J connectivity index is 1.85. The molecular formula is C16H14N4O9S2. The fourth-order valence-electron chi connectivity index (χ4n) is 2.44. The normalized spacial score (nSPS) is 11.3. The number of hydrazine groups is 1. The van der Waals surface area contributed by atoms with Crippen LogP contribution in [-0.2, 0) is 19.5 Å². The molecule has 0 aliphatic carbocycles. The van der Waals surface area contributed by atoms with Gasteiger partial charge in [-0.25, -0.2) is 14.7 Å². The Kier molecular flexibility index (Phi) is 6.64. The maximum atomic E-state index is 12.7. The van der Waals surface area contributed by atoms with Crippen molar-refractivity contribution in [3.05, 3.63) is 64.6 Å². The predicted molar refractivity (Wildman–Crippen MR) is 108 cm³/mol. The maximum absolute atomic E-state index is 12.7. The standard InChI is InChI=1S/C16H14N4O9S2/c21-15-13(18-17-9-1-7-12(8-2-9)31(25,26)27)14(16(22)23)19-20(15)10-3-5-11(6-4-10)30-29-28-24/h1-8,17-19,24H,(H,22,23)(H,25,26,27). The van der Waals surface area contributed by atoms with Gasteiger partial charge in [-0.05, 0) is 48.5 Å². The lowest BCUT2D eigenvalue weighted by molar-refractivity contribution is -0.432. The van der Waals surface area contributed by atoms with Gasteiger partial charge in [-0.15, -0.1) is 4.33 Å². The molecule has 6 N–H and O–H groups in total. The van der Waals surface area contributed by atoms with E-state index in [0.29, 0.717) is 28.3 Å². The van der Waals surface area contributed by atoms with Crippen LogP contribution < -0.4 is 16.4 Å². The summed E-state index contributed by atoms with van der Waals surface area (Å²) in [5.41, 5.74) is 4.25. The number of nitrogens with one attached hydrogen (secondary N) is 3. The van der Waals surface area contributed by atoms with Gasteiger partial charge in [-0.1, -0.05) is 5.04 Å². The lowest BCUT2D eigenvalue weighted by Gasteiger charge is -2.08. The molecule has 0 aliphatic heterocycles. The number of H-pyrrole nitrogens is 1. The highest BCUT2D eigenvalue weighted by Gasteiger charge is 2.20. The van der Waals surface area contributed by atoms with E-state index < -0.39 is 27.3 Å². The number of carbonyl (C=O) groups is 1. The summed E-state index contributed by atoms with van der Waals surface area (Å²) >= 11 is 0.710. The molecule has 3 aromatic rings. The Morgan fingerprint density at radius 2 is 1.71 bits per heavy atom. The zero-order valence-electron chi connectivity index (χ0n) is 15.2. The van der Waals surface area contributed by atoms with Crippen molar-refractivity contribution in [3.63, 3.8) is 0 Å². The van der Waals surface area contributed by atoms with Crippen LogP contribution in [0.1, 0.15) is 10.5 Å². The van der Waals surface area contributed by atoms with Gasteiger partial charge in [0, 0.05) is 4.90 Å². The van der Waals surface area contributed by atoms with Gasteiger partial charge in [-0.2, -0.15) is 8.42 Å². The average Bonchev–Trinajstić information content (AvgIpc) is 3.07. The molecule has 0 atom stereocenters. The number of carboxylic acid groups (broad SMARTS) is 1. The molecule has 0 unspecified atom stereocenters. The fraction of sp³-hybridized carbons (Fsp3) is 0. The van der Waals surface area contributed by atoms with Crippen LogP contribution in [0.5, 0.6) is 0 Å². The van der Waals surface area contributed by atoms with E-state index in [9.17, 15) is 23.1 Å². The monoisotopic (exact) mass is 470 g/mol. The minimum atomic E-state index is -4.36. The second-order valence-corrected chi connectivity index (χ2v) is 7.97. The number of nitrogens with zero attached hydrogens (tertiary/aromatic N) is 1. The lowest BCUT2D eigenvalue weighted by Crippen LogP contribution is -2.21. The first-order valence-corrected chi connectivity index (χ1v) is 10.3. The summed E-state index contributed by atoms with van der Waals surface area (Å²) in [4.78, 5) is 24.5. The number of anilines is 2. The number of carboxylic acids is 1. The van der Waals surface area contributed by atoms with Gasteiger partial charge in [0.25, 0.3) is 15.7 Å². The molecule has 0 spiro atoms. The van der Waals surface area contributed by atoms with E-state index in [4.69, 9.17) is 9.81 Å². The second-order valence-electron chi connectivity index (χ2n) is 5.78. The van der Waals surface area contributed by atoms with E-state index in [1.54, 1.807) is 0 Å². The zero-order valence-corrected chi connectivity index (χ0v) is 16.8. The van der Waals surface area contributed by atoms with Crippen molar-refractivity contribution in [1.82, 2.24) is 9.78 Å². The van der Waals surface area contributed by atoms with Crippen LogP contribution in [0.25, 0.3) is 5.69 Å². The molecule has 15 heteroatoms. The summed E-state index contributed by atoms with van der Waals surface area (Å²) in [6, 6.07) is 10.9. The summed E-state index contributed by atoms with van der Waals surface area (Å²) < 4.78 is 36.4. The van der Waals surface area contributed by atoms with Crippen LogP contribution in [0.15, 0.2) is 63.1 Å². The molecule has 2 aromatic carbocycles. The summed E-state index contributed by atoms with van der Waals surface area (Å²) in [5.74, 6) is -1.40. The Hall–Kier alpha value is -3.34. The van der Waals surface area contributed by atoms with Crippen molar-refractivity contribution in [2.45, 2.75) is 9.79 Å². The Labute approximate surface area is 178 Å². The zero-order chi connectivity index (χ0) is 22.6. The Morgan fingerprint density at radius 3 is 2.26 bits per heavy atom. The number of hydrogen-bond donors (Lipinski definition) is 6. The van der Waals surface area contributed by atoms with Gasteiger partial charge >= 0.3 is 5.97 Å². The number of aromatic nitrogens is 2. The first-order valence-electron chi connectivity index (χ1n) is 8.14. The van der Waals surface area contributed by atoms with Crippen LogP contribution in [0, 0.1) is 0 Å². The van der Waals surface area contributed by atoms with Gasteiger partial charge in [-0.3, -0.25) is 19.9 Å². The van der Waals surface area contributed by atoms with Crippen molar-refractivity contribution in [1.29, 1.82) is 0 Å². The average molecular weight is 470 g/mol. The molecule has 0 saturated carbocycles. The molecule has 0 aliphatic rings. The van der Waals surface area contributed by atoms with E-state index in [1.165, 1.54) is 36.4 Å². The molecule has 0 amide bonds. The fourth-order valence-corrected chi connectivity index (χ4v) is 3.28.